The number of hydrazone groups is 1. The molecule has 0 unspecified atom stereocenters. The number of hydrogen-bond donors (Lipinski definition) is 1. The molecular weight excluding hydrogens is 180 g/mol. The van der Waals surface area contributed by atoms with Crippen LogP contribution < -0.4 is 5.43 Å². The maximum absolute atomic E-state index is 11.2. The molecule has 1 aromatic rings. The number of nitrogens with one attached hydrogen (secondary N) is 1. The molecule has 4 nitrogen and oxygen atoms in total. The highest BCUT2D eigenvalue weighted by Gasteiger charge is 2.19. The minimum atomic E-state index is -0.593. The smallest absolute Gasteiger partial charge is 0.246 e. The van der Waals surface area contributed by atoms with Gasteiger partial charge in [-0.15, -0.1) is 0 Å². The zero-order valence-electron chi connectivity index (χ0n) is 7.36. The first-order chi connectivity index (χ1) is 6.83. The minimum Gasteiger partial charge on any atom is -0.305 e. The number of nitrogens with zero attached hydrogens (tertiary/aromatic N) is 1. The molecule has 70 valence electrons. The molecule has 2 rings (SSSR count). The van der Waals surface area contributed by atoms with Gasteiger partial charge in [0.2, 0.25) is 5.78 Å². The van der Waals surface area contributed by atoms with Crippen molar-refractivity contribution in [1.29, 1.82) is 0 Å². The fourth-order valence-corrected chi connectivity index (χ4v) is 1.41. The molecule has 1 aromatic carbocycles. The summed E-state index contributed by atoms with van der Waals surface area (Å²) in [4.78, 5) is 21.5. The van der Waals surface area contributed by atoms with Crippen molar-refractivity contribution in [2.45, 2.75) is 6.54 Å². The summed E-state index contributed by atoms with van der Waals surface area (Å²) in [5.74, 6) is -0.593. The Morgan fingerprint density at radius 1 is 1.43 bits per heavy atom. The molecular formula is C10H8N2O2. The number of benzene rings is 1. The maximum Gasteiger partial charge on any atom is 0.246 e. The van der Waals surface area contributed by atoms with Crippen molar-refractivity contribution in [2.24, 2.45) is 5.10 Å². The molecule has 0 saturated heterocycles. The molecule has 0 atom stereocenters. The van der Waals surface area contributed by atoms with E-state index in [-0.39, 0.29) is 12.0 Å². The zero-order valence-corrected chi connectivity index (χ0v) is 7.36. The second-order valence-corrected chi connectivity index (χ2v) is 2.93. The van der Waals surface area contributed by atoms with Crippen molar-refractivity contribution < 1.29 is 9.59 Å². The third-order valence-electron chi connectivity index (χ3n) is 2.07. The van der Waals surface area contributed by atoms with Crippen LogP contribution in [0.25, 0.3) is 0 Å². The number of carbonyl (C=O) groups is 2. The van der Waals surface area contributed by atoms with Crippen LogP contribution in [0.4, 0.5) is 0 Å². The Morgan fingerprint density at radius 2 is 2.21 bits per heavy atom. The monoisotopic (exact) mass is 188 g/mol. The number of rotatable bonds is 2. The van der Waals surface area contributed by atoms with E-state index >= 15 is 0 Å². The van der Waals surface area contributed by atoms with Crippen LogP contribution in [0, 0.1) is 0 Å². The summed E-state index contributed by atoms with van der Waals surface area (Å²) in [6.45, 7) is 0.589. The summed E-state index contributed by atoms with van der Waals surface area (Å²) >= 11 is 0. The molecule has 0 saturated carbocycles. The molecule has 1 aliphatic heterocycles. The highest BCUT2D eigenvalue weighted by molar-refractivity contribution is 6.63. The van der Waals surface area contributed by atoms with E-state index in [4.69, 9.17) is 0 Å². The van der Waals surface area contributed by atoms with Crippen LogP contribution in [0.2, 0.25) is 0 Å². The number of fused-ring (bicyclic) bond motifs is 1. The van der Waals surface area contributed by atoms with Gasteiger partial charge in [-0.3, -0.25) is 9.59 Å². The third-order valence-corrected chi connectivity index (χ3v) is 2.07. The van der Waals surface area contributed by atoms with Gasteiger partial charge in [0.25, 0.3) is 0 Å². The second kappa shape index (κ2) is 3.41. The van der Waals surface area contributed by atoms with E-state index in [1.807, 2.05) is 18.2 Å². The van der Waals surface area contributed by atoms with E-state index in [0.717, 1.165) is 11.1 Å². The quantitative estimate of drug-likeness (QED) is 0.535. The molecule has 0 aromatic heterocycles. The minimum absolute atomic E-state index is 0.196. The number of aldehydes is 1. The Balaban J connectivity index is 2.50. The molecule has 1 aliphatic rings. The summed E-state index contributed by atoms with van der Waals surface area (Å²) in [6, 6.07) is 7.39. The van der Waals surface area contributed by atoms with Gasteiger partial charge >= 0.3 is 0 Å². The molecule has 14 heavy (non-hydrogen) atoms. The average molecular weight is 188 g/mol. The second-order valence-electron chi connectivity index (χ2n) is 2.93. The lowest BCUT2D eigenvalue weighted by Crippen LogP contribution is -2.27. The van der Waals surface area contributed by atoms with E-state index in [0.29, 0.717) is 6.54 Å². The van der Waals surface area contributed by atoms with Crippen LogP contribution in [0.15, 0.2) is 29.4 Å². The van der Waals surface area contributed by atoms with Gasteiger partial charge in [0, 0.05) is 5.56 Å². The highest BCUT2D eigenvalue weighted by atomic mass is 16.2. The average Bonchev–Trinajstić information content (AvgIpc) is 2.27. The standard InChI is InChI=1S/C10H8N2O2/c13-6-9(14)10-8-4-2-1-3-7(8)5-11-12-10/h1-4,6,11H,5H2. The van der Waals surface area contributed by atoms with Crippen LogP contribution in [-0.4, -0.2) is 17.8 Å². The lowest BCUT2D eigenvalue weighted by atomic mass is 10.00. The van der Waals surface area contributed by atoms with Crippen molar-refractivity contribution in [2.75, 3.05) is 0 Å². The number of carbonyl (C=O) groups excluding carboxylic acids is 2. The summed E-state index contributed by atoms with van der Waals surface area (Å²) in [6.07, 6.45) is 0.280. The van der Waals surface area contributed by atoms with Gasteiger partial charge < -0.3 is 5.43 Å². The van der Waals surface area contributed by atoms with Crippen LogP contribution in [-0.2, 0) is 16.1 Å². The SMILES string of the molecule is O=CC(=O)C1=NNCc2ccccc21. The molecule has 0 radical (unpaired) electrons. The zero-order chi connectivity index (χ0) is 9.97. The van der Waals surface area contributed by atoms with Gasteiger partial charge in [-0.2, -0.15) is 5.10 Å². The van der Waals surface area contributed by atoms with Gasteiger partial charge in [-0.25, -0.2) is 0 Å². The first-order valence-corrected chi connectivity index (χ1v) is 4.21. The molecule has 0 amide bonds. The van der Waals surface area contributed by atoms with Gasteiger partial charge in [-0.1, -0.05) is 24.3 Å². The predicted octanol–water partition coefficient (Wildman–Crippen LogP) is 0.262. The fraction of sp³-hybridized carbons (Fsp3) is 0.100. The van der Waals surface area contributed by atoms with Gasteiger partial charge in [0.15, 0.2) is 6.29 Å². The predicted molar refractivity (Wildman–Crippen MR) is 50.9 cm³/mol. The summed E-state index contributed by atoms with van der Waals surface area (Å²) in [5.41, 5.74) is 4.63. The van der Waals surface area contributed by atoms with E-state index < -0.39 is 5.78 Å². The third kappa shape index (κ3) is 1.31. The van der Waals surface area contributed by atoms with Crippen LogP contribution in [0.3, 0.4) is 0 Å². The van der Waals surface area contributed by atoms with Crippen LogP contribution in [0.1, 0.15) is 11.1 Å². The lowest BCUT2D eigenvalue weighted by molar-refractivity contribution is -0.125. The van der Waals surface area contributed by atoms with E-state index in [9.17, 15) is 9.59 Å². The highest BCUT2D eigenvalue weighted by Crippen LogP contribution is 2.13. The summed E-state index contributed by atoms with van der Waals surface area (Å²) in [7, 11) is 0. The molecule has 4 heteroatoms. The van der Waals surface area contributed by atoms with Gasteiger partial charge in [0.05, 0.1) is 6.54 Å². The van der Waals surface area contributed by atoms with Gasteiger partial charge in [0.1, 0.15) is 5.71 Å². The lowest BCUT2D eigenvalue weighted by Gasteiger charge is -2.14. The van der Waals surface area contributed by atoms with Crippen LogP contribution in [0.5, 0.6) is 0 Å². The van der Waals surface area contributed by atoms with Crippen molar-refractivity contribution in [1.82, 2.24) is 5.43 Å². The largest absolute Gasteiger partial charge is 0.305 e. The van der Waals surface area contributed by atoms with Crippen molar-refractivity contribution in [3.05, 3.63) is 35.4 Å². The Bertz CT molecular complexity index is 424. The normalized spacial score (nSPS) is 13.6. The van der Waals surface area contributed by atoms with Crippen molar-refractivity contribution >= 4 is 17.8 Å². The molecule has 0 spiro atoms. The molecule has 1 heterocycles. The Morgan fingerprint density at radius 3 is 3.00 bits per heavy atom. The molecule has 0 bridgehead atoms. The molecule has 1 N–H and O–H groups in total. The van der Waals surface area contributed by atoms with Crippen molar-refractivity contribution in [3.8, 4) is 0 Å². The Kier molecular flexibility index (Phi) is 2.10. The maximum atomic E-state index is 11.2. The fourth-order valence-electron chi connectivity index (χ4n) is 1.41. The summed E-state index contributed by atoms with van der Waals surface area (Å²) < 4.78 is 0. The van der Waals surface area contributed by atoms with Crippen LogP contribution >= 0.6 is 0 Å². The van der Waals surface area contributed by atoms with Crippen molar-refractivity contribution in [3.63, 3.8) is 0 Å². The first kappa shape index (κ1) is 8.62. The summed E-state index contributed by atoms with van der Waals surface area (Å²) in [5, 5.41) is 3.83. The Hall–Kier alpha value is -1.97. The molecule has 0 aliphatic carbocycles. The van der Waals surface area contributed by atoms with E-state index in [2.05, 4.69) is 10.5 Å². The van der Waals surface area contributed by atoms with Gasteiger partial charge in [-0.05, 0) is 5.56 Å². The number of Topliss-reactive ketones (excluding diaryl/α,β-unsaturated/α-hetero) is 1. The Labute approximate surface area is 80.6 Å². The van der Waals surface area contributed by atoms with E-state index in [1.165, 1.54) is 0 Å². The van der Waals surface area contributed by atoms with E-state index in [1.54, 1.807) is 6.07 Å². The number of hydrogen-bond acceptors (Lipinski definition) is 4. The topological polar surface area (TPSA) is 58.5 Å². The number of ketones is 1. The first-order valence-electron chi connectivity index (χ1n) is 4.21. The molecule has 0 fully saturated rings.